The molecule has 2 aromatic rings. The average Bonchev–Trinajstić information content (AvgIpc) is 3.04. The molecule has 3 N–H and O–H groups in total. The van der Waals surface area contributed by atoms with Crippen LogP contribution < -0.4 is 5.32 Å². The third-order valence-corrected chi connectivity index (χ3v) is 3.81. The molecule has 140 valence electrons. The van der Waals surface area contributed by atoms with Crippen molar-refractivity contribution in [3.8, 4) is 0 Å². The summed E-state index contributed by atoms with van der Waals surface area (Å²) in [7, 11) is 0. The van der Waals surface area contributed by atoms with Gasteiger partial charge in [0.1, 0.15) is 11.3 Å². The zero-order valence-corrected chi connectivity index (χ0v) is 13.6. The Balaban J connectivity index is 2.24. The van der Waals surface area contributed by atoms with Gasteiger partial charge >= 0.3 is 12.1 Å². The molecule has 0 spiro atoms. The SMILES string of the molecule is CCc1oc(C(=O)NCC(O)(c2ccccc2)C(F)(F)F)cc1C(=O)O. The molecule has 1 aromatic carbocycles. The third kappa shape index (κ3) is 3.72. The van der Waals surface area contributed by atoms with Gasteiger partial charge in [-0.1, -0.05) is 37.3 Å². The number of hydrogen-bond acceptors (Lipinski definition) is 4. The number of benzene rings is 1. The van der Waals surface area contributed by atoms with Gasteiger partial charge < -0.3 is 19.9 Å². The maximum Gasteiger partial charge on any atom is 0.423 e. The number of aryl methyl sites for hydroxylation is 1. The third-order valence-electron chi connectivity index (χ3n) is 3.81. The van der Waals surface area contributed by atoms with E-state index >= 15 is 0 Å². The lowest BCUT2D eigenvalue weighted by Crippen LogP contribution is -2.51. The molecule has 0 bridgehead atoms. The van der Waals surface area contributed by atoms with E-state index in [0.717, 1.165) is 18.2 Å². The number of amides is 1. The van der Waals surface area contributed by atoms with Gasteiger partial charge in [0, 0.05) is 12.5 Å². The maximum atomic E-state index is 13.4. The van der Waals surface area contributed by atoms with Crippen LogP contribution >= 0.6 is 0 Å². The number of halogens is 3. The Kier molecular flexibility index (Phi) is 5.41. The van der Waals surface area contributed by atoms with Crippen LogP contribution in [0.5, 0.6) is 0 Å². The highest BCUT2D eigenvalue weighted by Crippen LogP contribution is 2.38. The molecule has 0 aliphatic rings. The molecular weight excluding hydrogens is 355 g/mol. The van der Waals surface area contributed by atoms with Gasteiger partial charge in [0.05, 0.1) is 6.54 Å². The molecule has 0 aliphatic carbocycles. The van der Waals surface area contributed by atoms with Crippen molar-refractivity contribution in [3.05, 3.63) is 59.0 Å². The number of aromatic carboxylic acids is 1. The van der Waals surface area contributed by atoms with Crippen LogP contribution in [0.25, 0.3) is 0 Å². The second-order valence-corrected chi connectivity index (χ2v) is 5.51. The maximum absolute atomic E-state index is 13.4. The van der Waals surface area contributed by atoms with E-state index in [-0.39, 0.29) is 17.7 Å². The first-order valence-corrected chi connectivity index (χ1v) is 7.59. The summed E-state index contributed by atoms with van der Waals surface area (Å²) >= 11 is 0. The topological polar surface area (TPSA) is 99.8 Å². The van der Waals surface area contributed by atoms with Crippen molar-refractivity contribution in [2.45, 2.75) is 25.1 Å². The summed E-state index contributed by atoms with van der Waals surface area (Å²) in [4.78, 5) is 23.1. The highest BCUT2D eigenvalue weighted by Gasteiger charge is 2.55. The molecule has 9 heteroatoms. The number of carbonyl (C=O) groups excluding carboxylic acids is 1. The molecule has 1 amide bonds. The van der Waals surface area contributed by atoms with Crippen LogP contribution in [0.3, 0.4) is 0 Å². The summed E-state index contributed by atoms with van der Waals surface area (Å²) in [5.74, 6) is -2.81. The Morgan fingerprint density at radius 2 is 1.81 bits per heavy atom. The van der Waals surface area contributed by atoms with Crippen molar-refractivity contribution in [1.82, 2.24) is 5.32 Å². The van der Waals surface area contributed by atoms with Crippen molar-refractivity contribution < 1.29 is 37.4 Å². The molecular formula is C17H16F3NO5. The van der Waals surface area contributed by atoms with E-state index in [2.05, 4.69) is 0 Å². The van der Waals surface area contributed by atoms with Gasteiger partial charge in [0.2, 0.25) is 5.60 Å². The minimum absolute atomic E-state index is 0.0248. The predicted molar refractivity (Wildman–Crippen MR) is 83.8 cm³/mol. The number of hydrogen-bond donors (Lipinski definition) is 3. The number of carboxylic acids is 1. The average molecular weight is 371 g/mol. The highest BCUT2D eigenvalue weighted by molar-refractivity contribution is 5.96. The number of aliphatic hydroxyl groups is 1. The predicted octanol–water partition coefficient (Wildman–Crippen LogP) is 2.72. The van der Waals surface area contributed by atoms with Crippen molar-refractivity contribution >= 4 is 11.9 Å². The lowest BCUT2D eigenvalue weighted by atomic mass is 9.93. The Labute approximate surface area is 146 Å². The number of alkyl halides is 3. The quantitative estimate of drug-likeness (QED) is 0.725. The molecule has 0 aliphatic heterocycles. The minimum atomic E-state index is -5.05. The van der Waals surface area contributed by atoms with Crippen molar-refractivity contribution in [2.75, 3.05) is 6.54 Å². The van der Waals surface area contributed by atoms with Gasteiger partial charge in [-0.05, 0) is 5.56 Å². The summed E-state index contributed by atoms with van der Waals surface area (Å²) < 4.78 is 45.2. The molecule has 0 radical (unpaired) electrons. The highest BCUT2D eigenvalue weighted by atomic mass is 19.4. The summed E-state index contributed by atoms with van der Waals surface area (Å²) in [6.07, 6.45) is -4.86. The number of rotatable bonds is 6. The first-order valence-electron chi connectivity index (χ1n) is 7.59. The smallest absolute Gasteiger partial charge is 0.423 e. The van der Waals surface area contributed by atoms with Gasteiger partial charge in [-0.15, -0.1) is 0 Å². The molecule has 1 heterocycles. The lowest BCUT2D eigenvalue weighted by Gasteiger charge is -2.31. The standard InChI is InChI=1S/C17H16F3NO5/c1-2-12-11(15(23)24)8-13(26-12)14(22)21-9-16(25,17(18,19)20)10-6-4-3-5-7-10/h3-8,25H,2,9H2,1H3,(H,21,22)(H,23,24). The monoisotopic (exact) mass is 371 g/mol. The van der Waals surface area contributed by atoms with Crippen LogP contribution in [0.2, 0.25) is 0 Å². The number of furan rings is 1. The second kappa shape index (κ2) is 7.20. The number of carboxylic acid groups (broad SMARTS) is 1. The van der Waals surface area contributed by atoms with Gasteiger partial charge in [0.25, 0.3) is 5.91 Å². The molecule has 0 saturated carbocycles. The first kappa shape index (κ1) is 19.5. The van der Waals surface area contributed by atoms with Crippen LogP contribution in [-0.2, 0) is 12.0 Å². The van der Waals surface area contributed by atoms with E-state index in [0.29, 0.717) is 0 Å². The second-order valence-electron chi connectivity index (χ2n) is 5.51. The first-order chi connectivity index (χ1) is 12.1. The molecule has 0 saturated heterocycles. The fourth-order valence-electron chi connectivity index (χ4n) is 2.36. The molecule has 0 fully saturated rings. The fourth-order valence-corrected chi connectivity index (χ4v) is 2.36. The summed E-state index contributed by atoms with van der Waals surface area (Å²) in [5.41, 5.74) is -3.99. The summed E-state index contributed by atoms with van der Waals surface area (Å²) in [6.45, 7) is 0.439. The van der Waals surface area contributed by atoms with E-state index in [9.17, 15) is 27.9 Å². The van der Waals surface area contributed by atoms with Crippen LogP contribution in [0.15, 0.2) is 40.8 Å². The van der Waals surface area contributed by atoms with Crippen LogP contribution in [-0.4, -0.2) is 34.8 Å². The molecule has 1 aromatic heterocycles. The van der Waals surface area contributed by atoms with Crippen LogP contribution in [0.1, 0.15) is 39.2 Å². The Morgan fingerprint density at radius 3 is 2.27 bits per heavy atom. The zero-order valence-electron chi connectivity index (χ0n) is 13.6. The normalized spacial score (nSPS) is 13.9. The van der Waals surface area contributed by atoms with E-state index in [4.69, 9.17) is 9.52 Å². The number of carbonyl (C=O) groups is 2. The van der Waals surface area contributed by atoms with Crippen LogP contribution in [0.4, 0.5) is 13.2 Å². The zero-order chi connectivity index (χ0) is 19.5. The molecule has 26 heavy (non-hydrogen) atoms. The Hall–Kier alpha value is -2.81. The van der Waals surface area contributed by atoms with Crippen molar-refractivity contribution in [2.24, 2.45) is 0 Å². The van der Waals surface area contributed by atoms with E-state index in [1.165, 1.54) is 18.2 Å². The van der Waals surface area contributed by atoms with Gasteiger partial charge in [-0.3, -0.25) is 4.79 Å². The lowest BCUT2D eigenvalue weighted by molar-refractivity contribution is -0.263. The van der Waals surface area contributed by atoms with Crippen molar-refractivity contribution in [3.63, 3.8) is 0 Å². The van der Waals surface area contributed by atoms with Gasteiger partial charge in [-0.2, -0.15) is 13.2 Å². The molecule has 6 nitrogen and oxygen atoms in total. The molecule has 2 rings (SSSR count). The fraction of sp³-hybridized carbons (Fsp3) is 0.294. The van der Waals surface area contributed by atoms with E-state index < -0.39 is 41.5 Å². The van der Waals surface area contributed by atoms with Gasteiger partial charge in [0.15, 0.2) is 5.76 Å². The number of nitrogens with one attached hydrogen (secondary N) is 1. The van der Waals surface area contributed by atoms with E-state index in [1.54, 1.807) is 6.92 Å². The van der Waals surface area contributed by atoms with Gasteiger partial charge in [-0.25, -0.2) is 4.79 Å². The Morgan fingerprint density at radius 1 is 1.19 bits per heavy atom. The summed E-state index contributed by atoms with van der Waals surface area (Å²) in [6, 6.07) is 7.25. The summed E-state index contributed by atoms with van der Waals surface area (Å²) in [5, 5.41) is 21.1. The Bertz CT molecular complexity index is 800. The molecule has 1 unspecified atom stereocenters. The minimum Gasteiger partial charge on any atom is -0.478 e. The molecule has 1 atom stereocenters. The largest absolute Gasteiger partial charge is 0.478 e. The van der Waals surface area contributed by atoms with Crippen LogP contribution in [0, 0.1) is 0 Å². The van der Waals surface area contributed by atoms with Crippen molar-refractivity contribution in [1.29, 1.82) is 0 Å². The van der Waals surface area contributed by atoms with E-state index in [1.807, 2.05) is 5.32 Å².